The molecule has 3 nitrogen and oxygen atoms in total. The van der Waals surface area contributed by atoms with Gasteiger partial charge in [0, 0.05) is 12.1 Å². The summed E-state index contributed by atoms with van der Waals surface area (Å²) in [5.74, 6) is 0. The summed E-state index contributed by atoms with van der Waals surface area (Å²) in [6.45, 7) is 6.34. The number of hydrogen-bond acceptors (Lipinski definition) is 3. The van der Waals surface area contributed by atoms with Crippen molar-refractivity contribution in [3.05, 3.63) is 34.9 Å². The molecule has 0 N–H and O–H groups in total. The van der Waals surface area contributed by atoms with Gasteiger partial charge in [-0.2, -0.15) is 5.26 Å². The van der Waals surface area contributed by atoms with Crippen LogP contribution in [0.15, 0.2) is 24.3 Å². The molecule has 1 atom stereocenters. The van der Waals surface area contributed by atoms with Crippen LogP contribution in [0.1, 0.15) is 5.56 Å². The van der Waals surface area contributed by atoms with Crippen molar-refractivity contribution >= 4 is 19.9 Å². The Morgan fingerprint density at radius 3 is 2.22 bits per heavy atom. The van der Waals surface area contributed by atoms with E-state index in [1.807, 2.05) is 31.8 Å². The lowest BCUT2D eigenvalue weighted by Crippen LogP contribution is -2.42. The molecule has 0 aromatic heterocycles. The van der Waals surface area contributed by atoms with Gasteiger partial charge in [0.05, 0.1) is 6.61 Å². The summed E-state index contributed by atoms with van der Waals surface area (Å²) in [5.41, 5.74) is -0.275. The van der Waals surface area contributed by atoms with Crippen molar-refractivity contribution in [1.82, 2.24) is 0 Å². The van der Waals surface area contributed by atoms with E-state index in [4.69, 9.17) is 20.8 Å². The van der Waals surface area contributed by atoms with Crippen LogP contribution in [0.5, 0.6) is 0 Å². The van der Waals surface area contributed by atoms with Gasteiger partial charge in [-0.1, -0.05) is 23.7 Å². The van der Waals surface area contributed by atoms with Gasteiger partial charge in [-0.3, -0.25) is 0 Å². The van der Waals surface area contributed by atoms with Crippen molar-refractivity contribution in [3.8, 4) is 6.07 Å². The van der Waals surface area contributed by atoms with Gasteiger partial charge in [0.1, 0.15) is 6.07 Å². The minimum atomic E-state index is -1.88. The normalized spacial score (nSPS) is 14.9. The van der Waals surface area contributed by atoms with Gasteiger partial charge in [-0.15, -0.1) is 0 Å². The Hall–Kier alpha value is -0.863. The van der Waals surface area contributed by atoms with E-state index in [0.717, 1.165) is 5.56 Å². The summed E-state index contributed by atoms with van der Waals surface area (Å²) in [5, 5.41) is 10.2. The van der Waals surface area contributed by atoms with Gasteiger partial charge in [-0.05, 0) is 37.3 Å². The second kappa shape index (κ2) is 5.85. The number of methoxy groups -OCH3 is 1. The van der Waals surface area contributed by atoms with Gasteiger partial charge >= 0.3 is 0 Å². The Balaban J connectivity index is 3.19. The van der Waals surface area contributed by atoms with Crippen LogP contribution >= 0.6 is 11.6 Å². The SMILES string of the molecule is COC[C@@](C#N)(O[Si](C)(C)C)c1ccc(Cl)cc1. The first-order chi connectivity index (χ1) is 8.33. The molecule has 0 heterocycles. The van der Waals surface area contributed by atoms with Gasteiger partial charge in [0.25, 0.3) is 0 Å². The fourth-order valence-electron chi connectivity index (χ4n) is 1.74. The first-order valence-electron chi connectivity index (χ1n) is 5.69. The number of ether oxygens (including phenoxy) is 1. The minimum Gasteiger partial charge on any atom is -0.395 e. The third-order valence-electron chi connectivity index (χ3n) is 2.32. The maximum absolute atomic E-state index is 9.53. The van der Waals surface area contributed by atoms with Gasteiger partial charge in [0.15, 0.2) is 13.9 Å². The Morgan fingerprint density at radius 2 is 1.83 bits per heavy atom. The molecule has 5 heteroatoms. The second-order valence-corrected chi connectivity index (χ2v) is 9.96. The van der Waals surface area contributed by atoms with E-state index in [-0.39, 0.29) is 6.61 Å². The van der Waals surface area contributed by atoms with Crippen LogP contribution < -0.4 is 0 Å². The predicted molar refractivity (Wildman–Crippen MR) is 75.1 cm³/mol. The first-order valence-corrected chi connectivity index (χ1v) is 9.48. The van der Waals surface area contributed by atoms with E-state index in [1.165, 1.54) is 0 Å². The molecule has 0 aliphatic rings. The van der Waals surface area contributed by atoms with Crippen LogP contribution in [-0.4, -0.2) is 22.0 Å². The molecular formula is C13H18ClNO2Si. The van der Waals surface area contributed by atoms with Crippen LogP contribution in [0, 0.1) is 11.3 Å². The summed E-state index contributed by atoms with van der Waals surface area (Å²) >= 11 is 5.87. The molecule has 18 heavy (non-hydrogen) atoms. The Kier molecular flexibility index (Phi) is 4.94. The molecule has 98 valence electrons. The molecule has 0 spiro atoms. The number of rotatable bonds is 5. The maximum atomic E-state index is 9.53. The lowest BCUT2D eigenvalue weighted by atomic mass is 9.96. The van der Waals surface area contributed by atoms with Crippen LogP contribution in [-0.2, 0) is 14.8 Å². The fraction of sp³-hybridized carbons (Fsp3) is 0.462. The van der Waals surface area contributed by atoms with Crippen molar-refractivity contribution in [1.29, 1.82) is 5.26 Å². The van der Waals surface area contributed by atoms with Crippen LogP contribution in [0.3, 0.4) is 0 Å². The molecule has 0 saturated heterocycles. The molecule has 0 aliphatic carbocycles. The predicted octanol–water partition coefficient (Wildman–Crippen LogP) is 3.56. The lowest BCUT2D eigenvalue weighted by Gasteiger charge is -2.33. The molecule has 0 saturated carbocycles. The summed E-state index contributed by atoms with van der Waals surface area (Å²) < 4.78 is 11.2. The van der Waals surface area contributed by atoms with E-state index in [2.05, 4.69) is 6.07 Å². The van der Waals surface area contributed by atoms with Crippen molar-refractivity contribution in [2.75, 3.05) is 13.7 Å². The Morgan fingerprint density at radius 1 is 1.28 bits per heavy atom. The summed E-state index contributed by atoms with van der Waals surface area (Å²) in [6.07, 6.45) is 0. The van der Waals surface area contributed by atoms with Crippen LogP contribution in [0.4, 0.5) is 0 Å². The van der Waals surface area contributed by atoms with Crippen LogP contribution in [0.25, 0.3) is 0 Å². The fourth-order valence-corrected chi connectivity index (χ4v) is 3.13. The largest absolute Gasteiger partial charge is 0.395 e. The van der Waals surface area contributed by atoms with E-state index in [9.17, 15) is 5.26 Å². The van der Waals surface area contributed by atoms with Gasteiger partial charge in [0.2, 0.25) is 0 Å². The third kappa shape index (κ3) is 3.82. The molecule has 1 aromatic rings. The molecule has 0 amide bonds. The van der Waals surface area contributed by atoms with Gasteiger partial charge < -0.3 is 9.16 Å². The topological polar surface area (TPSA) is 42.2 Å². The van der Waals surface area contributed by atoms with Crippen LogP contribution in [0.2, 0.25) is 24.7 Å². The average Bonchev–Trinajstić information content (AvgIpc) is 2.27. The average molecular weight is 284 g/mol. The maximum Gasteiger partial charge on any atom is 0.193 e. The molecule has 0 fully saturated rings. The number of nitrogens with zero attached hydrogens (tertiary/aromatic N) is 1. The molecule has 0 unspecified atom stereocenters. The molecule has 0 radical (unpaired) electrons. The van der Waals surface area contributed by atoms with E-state index >= 15 is 0 Å². The van der Waals surface area contributed by atoms with E-state index < -0.39 is 13.9 Å². The van der Waals surface area contributed by atoms with Crippen molar-refractivity contribution in [2.45, 2.75) is 25.2 Å². The highest BCUT2D eigenvalue weighted by atomic mass is 35.5. The molecule has 0 bridgehead atoms. The molecular weight excluding hydrogens is 266 g/mol. The Bertz CT molecular complexity index is 436. The number of halogens is 1. The van der Waals surface area contributed by atoms with Crippen molar-refractivity contribution in [2.24, 2.45) is 0 Å². The Labute approximate surface area is 114 Å². The van der Waals surface area contributed by atoms with Crippen molar-refractivity contribution in [3.63, 3.8) is 0 Å². The zero-order valence-corrected chi connectivity index (χ0v) is 12.9. The smallest absolute Gasteiger partial charge is 0.193 e. The number of nitriles is 1. The summed E-state index contributed by atoms with van der Waals surface area (Å²) in [6, 6.07) is 9.39. The molecule has 1 rings (SSSR count). The summed E-state index contributed by atoms with van der Waals surface area (Å²) in [4.78, 5) is 0. The monoisotopic (exact) mass is 283 g/mol. The number of hydrogen-bond donors (Lipinski definition) is 0. The molecule has 1 aromatic carbocycles. The zero-order chi connectivity index (χ0) is 13.8. The highest BCUT2D eigenvalue weighted by molar-refractivity contribution is 6.69. The number of benzene rings is 1. The van der Waals surface area contributed by atoms with E-state index in [1.54, 1.807) is 19.2 Å². The van der Waals surface area contributed by atoms with Gasteiger partial charge in [-0.25, -0.2) is 0 Å². The first kappa shape index (κ1) is 15.2. The van der Waals surface area contributed by atoms with Crippen molar-refractivity contribution < 1.29 is 9.16 Å². The molecule has 0 aliphatic heterocycles. The zero-order valence-electron chi connectivity index (χ0n) is 11.2. The third-order valence-corrected chi connectivity index (χ3v) is 3.53. The summed E-state index contributed by atoms with van der Waals surface area (Å²) in [7, 11) is -0.318. The standard InChI is InChI=1S/C13H18ClNO2Si/c1-16-10-13(9-15,17-18(2,3)4)11-5-7-12(14)8-6-11/h5-8H,10H2,1-4H3/t13-/m1/s1. The van der Waals surface area contributed by atoms with E-state index in [0.29, 0.717) is 5.02 Å². The highest BCUT2D eigenvalue weighted by Gasteiger charge is 2.38. The quantitative estimate of drug-likeness (QED) is 0.776. The second-order valence-electron chi connectivity index (χ2n) is 5.09. The highest BCUT2D eigenvalue weighted by Crippen LogP contribution is 2.30. The lowest BCUT2D eigenvalue weighted by molar-refractivity contribution is 0.0231. The minimum absolute atomic E-state index is 0.204.